The van der Waals surface area contributed by atoms with Crippen LogP contribution in [0.3, 0.4) is 0 Å². The average molecular weight is 273 g/mol. The molecule has 3 N–H and O–H groups in total. The summed E-state index contributed by atoms with van der Waals surface area (Å²) in [6.45, 7) is 6.50. The zero-order valence-electron chi connectivity index (χ0n) is 12.6. The van der Waals surface area contributed by atoms with Gasteiger partial charge in [-0.15, -0.1) is 0 Å². The molecular formula is C13H27N3O3. The molecule has 0 aliphatic rings. The van der Waals surface area contributed by atoms with Gasteiger partial charge in [0.1, 0.15) is 0 Å². The third-order valence-electron chi connectivity index (χ3n) is 3.29. The molecule has 0 aromatic rings. The Labute approximate surface area is 115 Å². The van der Waals surface area contributed by atoms with Gasteiger partial charge in [-0.05, 0) is 34.4 Å². The third-order valence-corrected chi connectivity index (χ3v) is 3.29. The van der Waals surface area contributed by atoms with Crippen molar-refractivity contribution in [3.8, 4) is 0 Å². The molecule has 1 atom stereocenters. The Bertz CT molecular complexity index is 304. The van der Waals surface area contributed by atoms with E-state index in [-0.39, 0.29) is 24.0 Å². The smallest absolute Gasteiger partial charge is 0.315 e. The number of carboxylic acids is 1. The number of carboxylic acid groups (broad SMARTS) is 1. The number of hydrogen-bond acceptors (Lipinski definition) is 3. The summed E-state index contributed by atoms with van der Waals surface area (Å²) in [7, 11) is 3.90. The van der Waals surface area contributed by atoms with E-state index in [4.69, 9.17) is 5.11 Å². The highest BCUT2D eigenvalue weighted by atomic mass is 16.4. The van der Waals surface area contributed by atoms with Gasteiger partial charge in [0.15, 0.2) is 0 Å². The van der Waals surface area contributed by atoms with Gasteiger partial charge < -0.3 is 20.6 Å². The summed E-state index contributed by atoms with van der Waals surface area (Å²) in [5.41, 5.74) is -0.148. The number of carbonyl (C=O) groups excluding carboxylic acids is 1. The first-order valence-electron chi connectivity index (χ1n) is 6.62. The first kappa shape index (κ1) is 17.7. The number of nitrogens with one attached hydrogen (secondary N) is 2. The fraction of sp³-hybridized carbons (Fsp3) is 0.846. The van der Waals surface area contributed by atoms with Crippen molar-refractivity contribution in [1.82, 2.24) is 15.5 Å². The number of amides is 2. The van der Waals surface area contributed by atoms with Gasteiger partial charge in [-0.25, -0.2) is 4.79 Å². The first-order valence-corrected chi connectivity index (χ1v) is 6.62. The minimum absolute atomic E-state index is 0.0433. The van der Waals surface area contributed by atoms with Crippen LogP contribution < -0.4 is 10.6 Å². The summed E-state index contributed by atoms with van der Waals surface area (Å²) in [5, 5.41) is 14.3. The first-order chi connectivity index (χ1) is 8.69. The number of nitrogens with zero attached hydrogens (tertiary/aromatic N) is 1. The van der Waals surface area contributed by atoms with Crippen molar-refractivity contribution in [2.75, 3.05) is 20.6 Å². The van der Waals surface area contributed by atoms with Crippen molar-refractivity contribution < 1.29 is 14.7 Å². The van der Waals surface area contributed by atoms with Crippen LogP contribution in [0.5, 0.6) is 0 Å². The lowest BCUT2D eigenvalue weighted by Crippen LogP contribution is -2.51. The van der Waals surface area contributed by atoms with E-state index in [0.717, 1.165) is 6.42 Å². The molecule has 0 heterocycles. The number of aliphatic carboxylic acids is 1. The van der Waals surface area contributed by atoms with E-state index in [1.54, 1.807) is 0 Å². The minimum atomic E-state index is -0.896. The van der Waals surface area contributed by atoms with Crippen molar-refractivity contribution >= 4 is 12.0 Å². The van der Waals surface area contributed by atoms with E-state index in [0.29, 0.717) is 13.0 Å². The van der Waals surface area contributed by atoms with E-state index in [1.165, 1.54) is 0 Å². The van der Waals surface area contributed by atoms with E-state index in [2.05, 4.69) is 10.6 Å². The molecule has 0 aliphatic carbocycles. The lowest BCUT2D eigenvalue weighted by atomic mass is 10.0. The third kappa shape index (κ3) is 7.66. The van der Waals surface area contributed by atoms with Crippen molar-refractivity contribution in [2.45, 2.75) is 51.6 Å². The van der Waals surface area contributed by atoms with E-state index in [9.17, 15) is 9.59 Å². The molecule has 0 spiro atoms. The van der Waals surface area contributed by atoms with Crippen molar-refractivity contribution in [2.24, 2.45) is 0 Å². The Kier molecular flexibility index (Phi) is 7.44. The summed E-state index contributed by atoms with van der Waals surface area (Å²) in [4.78, 5) is 24.5. The lowest BCUT2D eigenvalue weighted by molar-refractivity contribution is -0.137. The Morgan fingerprint density at radius 3 is 2.32 bits per heavy atom. The summed E-state index contributed by atoms with van der Waals surface area (Å²) in [5.74, 6) is -0.896. The second-order valence-corrected chi connectivity index (χ2v) is 5.62. The van der Waals surface area contributed by atoms with Crippen molar-refractivity contribution in [3.05, 3.63) is 0 Å². The highest BCUT2D eigenvalue weighted by Crippen LogP contribution is 2.07. The highest BCUT2D eigenvalue weighted by molar-refractivity contribution is 5.75. The van der Waals surface area contributed by atoms with Gasteiger partial charge in [-0.1, -0.05) is 13.3 Å². The maximum Gasteiger partial charge on any atom is 0.315 e. The fourth-order valence-corrected chi connectivity index (χ4v) is 1.48. The number of carbonyl (C=O) groups is 2. The normalized spacial score (nSPS) is 13.2. The van der Waals surface area contributed by atoms with Crippen molar-refractivity contribution in [3.63, 3.8) is 0 Å². The molecule has 0 saturated carbocycles. The van der Waals surface area contributed by atoms with Gasteiger partial charge in [0.05, 0.1) is 6.42 Å². The molecule has 1 unspecified atom stereocenters. The molecule has 2 amide bonds. The van der Waals surface area contributed by atoms with Crippen molar-refractivity contribution in [1.29, 1.82) is 0 Å². The second-order valence-electron chi connectivity index (χ2n) is 5.62. The van der Waals surface area contributed by atoms with Crippen LogP contribution >= 0.6 is 0 Å². The Morgan fingerprint density at radius 1 is 1.32 bits per heavy atom. The van der Waals surface area contributed by atoms with Crippen LogP contribution in [0, 0.1) is 0 Å². The highest BCUT2D eigenvalue weighted by Gasteiger charge is 2.22. The van der Waals surface area contributed by atoms with Crippen LogP contribution in [0.25, 0.3) is 0 Å². The molecule has 0 saturated heterocycles. The number of urea groups is 1. The molecule has 0 fully saturated rings. The van der Waals surface area contributed by atoms with Gasteiger partial charge in [0.25, 0.3) is 0 Å². The zero-order valence-corrected chi connectivity index (χ0v) is 12.6. The largest absolute Gasteiger partial charge is 0.481 e. The second kappa shape index (κ2) is 7.99. The molecule has 0 aliphatic heterocycles. The molecule has 19 heavy (non-hydrogen) atoms. The fourth-order valence-electron chi connectivity index (χ4n) is 1.48. The quantitative estimate of drug-likeness (QED) is 0.622. The maximum absolute atomic E-state index is 11.7. The molecule has 0 aromatic heterocycles. The van der Waals surface area contributed by atoms with Crippen LogP contribution in [0.2, 0.25) is 0 Å². The SMILES string of the molecule is CCCC(CC(=O)O)NC(=O)NCC(C)(C)N(C)C. The van der Waals surface area contributed by atoms with Crippen LogP contribution in [-0.2, 0) is 4.79 Å². The molecule has 6 nitrogen and oxygen atoms in total. The molecule has 0 radical (unpaired) electrons. The molecule has 0 bridgehead atoms. The molecule has 0 rings (SSSR count). The molecular weight excluding hydrogens is 246 g/mol. The molecule has 0 aromatic carbocycles. The number of hydrogen-bond donors (Lipinski definition) is 3. The summed E-state index contributed by atoms with van der Waals surface area (Å²) in [6, 6.07) is -0.625. The topological polar surface area (TPSA) is 81.7 Å². The number of rotatable bonds is 8. The van der Waals surface area contributed by atoms with Gasteiger partial charge in [-0.3, -0.25) is 4.79 Å². The summed E-state index contributed by atoms with van der Waals surface area (Å²) < 4.78 is 0. The summed E-state index contributed by atoms with van der Waals surface area (Å²) in [6.07, 6.45) is 1.45. The van der Waals surface area contributed by atoms with Gasteiger partial charge in [0.2, 0.25) is 0 Å². The Morgan fingerprint density at radius 2 is 1.89 bits per heavy atom. The van der Waals surface area contributed by atoms with Gasteiger partial charge in [-0.2, -0.15) is 0 Å². The van der Waals surface area contributed by atoms with Gasteiger partial charge in [0, 0.05) is 18.1 Å². The monoisotopic (exact) mass is 273 g/mol. The van der Waals surface area contributed by atoms with E-state index < -0.39 is 5.97 Å². The molecule has 112 valence electrons. The van der Waals surface area contributed by atoms with E-state index in [1.807, 2.05) is 39.8 Å². The Hall–Kier alpha value is -1.30. The van der Waals surface area contributed by atoms with Crippen LogP contribution in [-0.4, -0.2) is 54.2 Å². The Balaban J connectivity index is 4.23. The van der Waals surface area contributed by atoms with E-state index >= 15 is 0 Å². The van der Waals surface area contributed by atoms with Crippen LogP contribution in [0.15, 0.2) is 0 Å². The minimum Gasteiger partial charge on any atom is -0.481 e. The maximum atomic E-state index is 11.7. The zero-order chi connectivity index (χ0) is 15.1. The van der Waals surface area contributed by atoms with Gasteiger partial charge >= 0.3 is 12.0 Å². The average Bonchev–Trinajstić information content (AvgIpc) is 2.25. The van der Waals surface area contributed by atoms with Crippen LogP contribution in [0.1, 0.15) is 40.0 Å². The molecule has 6 heteroatoms. The summed E-state index contributed by atoms with van der Waals surface area (Å²) >= 11 is 0. The van der Waals surface area contributed by atoms with Crippen LogP contribution in [0.4, 0.5) is 4.79 Å². The number of likely N-dealkylation sites (N-methyl/N-ethyl adjacent to an activating group) is 1. The predicted molar refractivity (Wildman–Crippen MR) is 75.2 cm³/mol. The lowest BCUT2D eigenvalue weighted by Gasteiger charge is -2.32. The predicted octanol–water partition coefficient (Wildman–Crippen LogP) is 1.27. The standard InChI is InChI=1S/C13H27N3O3/c1-6-7-10(8-11(17)18)15-12(19)14-9-13(2,3)16(4)5/h10H,6-9H2,1-5H3,(H,17,18)(H2,14,15,19).